The standard InChI is InChI=1S/C23H46N6/c1-5-14-26-18-10-19-27(15-6-2)22(26)24-12-9-13-25-23-28(16-7-3)20-11-21-29(23)17-8-4/h5-21H2,1-4H3. The zero-order chi connectivity index (χ0) is 20.9. The second-order valence-electron chi connectivity index (χ2n) is 8.37. The van der Waals surface area contributed by atoms with Gasteiger partial charge >= 0.3 is 0 Å². The van der Waals surface area contributed by atoms with E-state index in [0.29, 0.717) is 0 Å². The minimum absolute atomic E-state index is 0.883. The molecule has 0 aromatic carbocycles. The first-order chi connectivity index (χ1) is 14.2. The zero-order valence-electron chi connectivity index (χ0n) is 19.7. The van der Waals surface area contributed by atoms with Crippen LogP contribution >= 0.6 is 0 Å². The summed E-state index contributed by atoms with van der Waals surface area (Å²) in [5.74, 6) is 2.48. The van der Waals surface area contributed by atoms with Gasteiger partial charge in [-0.2, -0.15) is 0 Å². The Morgan fingerprint density at radius 1 is 0.552 bits per heavy atom. The lowest BCUT2D eigenvalue weighted by atomic mass is 10.2. The molecule has 0 radical (unpaired) electrons. The van der Waals surface area contributed by atoms with Gasteiger partial charge in [-0.15, -0.1) is 0 Å². The van der Waals surface area contributed by atoms with Crippen molar-refractivity contribution in [2.75, 3.05) is 65.4 Å². The number of hydrogen-bond acceptors (Lipinski definition) is 2. The molecule has 6 heteroatoms. The number of rotatable bonds is 12. The SMILES string of the molecule is CCCN1CCCN(CCC)C1=NCCCN=C1N(CCC)CCCN1CCC. The summed E-state index contributed by atoms with van der Waals surface area (Å²) in [5, 5.41) is 0. The monoisotopic (exact) mass is 406 g/mol. The lowest BCUT2D eigenvalue weighted by Crippen LogP contribution is -2.51. The molecule has 0 atom stereocenters. The van der Waals surface area contributed by atoms with E-state index in [4.69, 9.17) is 9.98 Å². The van der Waals surface area contributed by atoms with Crippen molar-refractivity contribution in [3.8, 4) is 0 Å². The average molecular weight is 407 g/mol. The Bertz CT molecular complexity index is 420. The van der Waals surface area contributed by atoms with Gasteiger partial charge in [0.05, 0.1) is 0 Å². The first-order valence-corrected chi connectivity index (χ1v) is 12.3. The van der Waals surface area contributed by atoms with Gasteiger partial charge in [-0.1, -0.05) is 27.7 Å². The molecule has 2 rings (SSSR count). The fraction of sp³-hybridized carbons (Fsp3) is 0.913. The number of hydrogen-bond donors (Lipinski definition) is 0. The van der Waals surface area contributed by atoms with Crippen molar-refractivity contribution in [3.63, 3.8) is 0 Å². The molecule has 168 valence electrons. The van der Waals surface area contributed by atoms with E-state index in [1.54, 1.807) is 0 Å². The largest absolute Gasteiger partial charge is 0.343 e. The third-order valence-corrected chi connectivity index (χ3v) is 5.64. The van der Waals surface area contributed by atoms with Crippen LogP contribution in [-0.4, -0.2) is 97.0 Å². The van der Waals surface area contributed by atoms with Crippen LogP contribution in [0.5, 0.6) is 0 Å². The highest BCUT2D eigenvalue weighted by Gasteiger charge is 2.23. The van der Waals surface area contributed by atoms with Crippen LogP contribution in [0.1, 0.15) is 72.6 Å². The summed E-state index contributed by atoms with van der Waals surface area (Å²) in [4.78, 5) is 20.1. The van der Waals surface area contributed by atoms with Gasteiger partial charge in [0, 0.05) is 65.4 Å². The van der Waals surface area contributed by atoms with Crippen molar-refractivity contribution in [1.82, 2.24) is 19.6 Å². The van der Waals surface area contributed by atoms with E-state index in [0.717, 1.165) is 71.9 Å². The molecule has 0 aromatic heterocycles. The fourth-order valence-electron chi connectivity index (χ4n) is 4.46. The third-order valence-electron chi connectivity index (χ3n) is 5.64. The molecule has 0 aliphatic carbocycles. The maximum absolute atomic E-state index is 5.05. The van der Waals surface area contributed by atoms with Gasteiger partial charge in [-0.05, 0) is 44.9 Å². The molecule has 0 spiro atoms. The predicted molar refractivity (Wildman–Crippen MR) is 126 cm³/mol. The number of aliphatic imine (C=N–C) groups is 2. The van der Waals surface area contributed by atoms with Crippen molar-refractivity contribution in [1.29, 1.82) is 0 Å². The van der Waals surface area contributed by atoms with Gasteiger partial charge in [0.15, 0.2) is 11.9 Å². The van der Waals surface area contributed by atoms with Gasteiger partial charge in [0.25, 0.3) is 0 Å². The van der Waals surface area contributed by atoms with Crippen LogP contribution in [0.15, 0.2) is 9.98 Å². The van der Waals surface area contributed by atoms with Crippen LogP contribution in [-0.2, 0) is 0 Å². The highest BCUT2D eigenvalue weighted by atomic mass is 15.4. The summed E-state index contributed by atoms with van der Waals surface area (Å²) in [5.41, 5.74) is 0. The maximum Gasteiger partial charge on any atom is 0.196 e. The molecule has 2 saturated heterocycles. The van der Waals surface area contributed by atoms with E-state index in [9.17, 15) is 0 Å². The summed E-state index contributed by atoms with van der Waals surface area (Å²) in [6, 6.07) is 0. The number of nitrogens with zero attached hydrogens (tertiary/aromatic N) is 6. The van der Waals surface area contributed by atoms with E-state index >= 15 is 0 Å². The van der Waals surface area contributed by atoms with Crippen LogP contribution in [0.4, 0.5) is 0 Å². The van der Waals surface area contributed by atoms with E-state index < -0.39 is 0 Å². The van der Waals surface area contributed by atoms with E-state index in [-0.39, 0.29) is 0 Å². The maximum atomic E-state index is 5.05. The Morgan fingerprint density at radius 3 is 1.14 bits per heavy atom. The van der Waals surface area contributed by atoms with E-state index in [1.807, 2.05) is 0 Å². The quantitative estimate of drug-likeness (QED) is 0.463. The average Bonchev–Trinajstić information content (AvgIpc) is 2.72. The molecule has 2 aliphatic rings. The van der Waals surface area contributed by atoms with Gasteiger partial charge in [-0.3, -0.25) is 9.98 Å². The Hall–Kier alpha value is -1.46. The highest BCUT2D eigenvalue weighted by molar-refractivity contribution is 5.81. The Morgan fingerprint density at radius 2 is 0.862 bits per heavy atom. The van der Waals surface area contributed by atoms with Crippen molar-refractivity contribution in [2.45, 2.75) is 72.6 Å². The van der Waals surface area contributed by atoms with Crippen LogP contribution in [0, 0.1) is 0 Å². The van der Waals surface area contributed by atoms with Crippen molar-refractivity contribution < 1.29 is 0 Å². The molecule has 2 aliphatic heterocycles. The Kier molecular flexibility index (Phi) is 11.3. The molecule has 0 N–H and O–H groups in total. The summed E-state index contributed by atoms with van der Waals surface area (Å²) in [6.45, 7) is 20.0. The molecule has 0 aromatic rings. The molecular weight excluding hydrogens is 360 g/mol. The molecule has 0 amide bonds. The topological polar surface area (TPSA) is 37.7 Å². The van der Waals surface area contributed by atoms with E-state index in [2.05, 4.69) is 47.3 Å². The normalized spacial score (nSPS) is 17.9. The van der Waals surface area contributed by atoms with Crippen molar-refractivity contribution in [3.05, 3.63) is 0 Å². The summed E-state index contributed by atoms with van der Waals surface area (Å²) in [7, 11) is 0. The van der Waals surface area contributed by atoms with Gasteiger partial charge < -0.3 is 19.6 Å². The smallest absolute Gasteiger partial charge is 0.196 e. The highest BCUT2D eigenvalue weighted by Crippen LogP contribution is 2.13. The first-order valence-electron chi connectivity index (χ1n) is 12.3. The fourth-order valence-corrected chi connectivity index (χ4v) is 4.46. The van der Waals surface area contributed by atoms with Gasteiger partial charge in [0.2, 0.25) is 0 Å². The summed E-state index contributed by atoms with van der Waals surface area (Å²) < 4.78 is 0. The van der Waals surface area contributed by atoms with Crippen LogP contribution in [0.3, 0.4) is 0 Å². The van der Waals surface area contributed by atoms with Crippen molar-refractivity contribution >= 4 is 11.9 Å². The van der Waals surface area contributed by atoms with Crippen LogP contribution < -0.4 is 0 Å². The molecule has 2 fully saturated rings. The predicted octanol–water partition coefficient (Wildman–Crippen LogP) is 3.74. The molecule has 29 heavy (non-hydrogen) atoms. The van der Waals surface area contributed by atoms with Gasteiger partial charge in [-0.25, -0.2) is 0 Å². The Balaban J connectivity index is 1.95. The second kappa shape index (κ2) is 13.7. The summed E-state index contributed by atoms with van der Waals surface area (Å²) >= 11 is 0. The van der Waals surface area contributed by atoms with Gasteiger partial charge in [0.1, 0.15) is 0 Å². The molecule has 2 heterocycles. The molecule has 6 nitrogen and oxygen atoms in total. The molecule has 0 bridgehead atoms. The third kappa shape index (κ3) is 7.38. The minimum Gasteiger partial charge on any atom is -0.343 e. The summed E-state index contributed by atoms with van der Waals surface area (Å²) in [6.07, 6.45) is 8.30. The Labute approximate surface area is 180 Å². The van der Waals surface area contributed by atoms with Crippen LogP contribution in [0.25, 0.3) is 0 Å². The van der Waals surface area contributed by atoms with Crippen molar-refractivity contribution in [2.24, 2.45) is 9.98 Å². The zero-order valence-corrected chi connectivity index (χ0v) is 19.7. The number of guanidine groups is 2. The van der Waals surface area contributed by atoms with Crippen LogP contribution in [0.2, 0.25) is 0 Å². The molecule has 0 saturated carbocycles. The first kappa shape index (κ1) is 23.8. The molecular formula is C23H46N6. The minimum atomic E-state index is 0.883. The van der Waals surface area contributed by atoms with E-state index in [1.165, 1.54) is 50.4 Å². The second-order valence-corrected chi connectivity index (χ2v) is 8.37. The lowest BCUT2D eigenvalue weighted by Gasteiger charge is -2.39. The molecule has 0 unspecified atom stereocenters. The lowest BCUT2D eigenvalue weighted by molar-refractivity contribution is 0.254.